The van der Waals surface area contributed by atoms with Crippen molar-refractivity contribution in [3.63, 3.8) is 0 Å². The Morgan fingerprint density at radius 3 is 2.33 bits per heavy atom. The number of nitrogens with zero attached hydrogens (tertiary/aromatic N) is 2. The van der Waals surface area contributed by atoms with Gasteiger partial charge in [0.25, 0.3) is 0 Å². The Balaban J connectivity index is 0. The van der Waals surface area contributed by atoms with Crippen LogP contribution in [0.3, 0.4) is 0 Å². The second-order valence-corrected chi connectivity index (χ2v) is 3.02. The molecule has 102 valence electrons. The molecular formula is C12H19FN2O2S. The van der Waals surface area contributed by atoms with Crippen LogP contribution in [0.1, 0.15) is 30.2 Å². The Labute approximate surface area is 112 Å². The third-order valence-electron chi connectivity index (χ3n) is 1.52. The van der Waals surface area contributed by atoms with E-state index >= 15 is 0 Å². The summed E-state index contributed by atoms with van der Waals surface area (Å²) >= 11 is -0.0743. The van der Waals surface area contributed by atoms with E-state index in [1.165, 1.54) is 13.3 Å². The fourth-order valence-corrected chi connectivity index (χ4v) is 1.10. The van der Waals surface area contributed by atoms with Gasteiger partial charge in [-0.15, -0.1) is 3.89 Å². The molecule has 0 atom stereocenters. The van der Waals surface area contributed by atoms with Gasteiger partial charge in [0.05, 0.1) is 13.3 Å². The number of esters is 1. The van der Waals surface area contributed by atoms with Gasteiger partial charge in [-0.2, -0.15) is 0 Å². The summed E-state index contributed by atoms with van der Waals surface area (Å²) in [5, 5.41) is 0. The third-order valence-corrected chi connectivity index (χ3v) is 2.12. The van der Waals surface area contributed by atoms with Crippen molar-refractivity contribution >= 4 is 18.3 Å². The Hall–Kier alpha value is -1.56. The first-order valence-corrected chi connectivity index (χ1v) is 5.94. The molecule has 0 aliphatic carbocycles. The highest BCUT2D eigenvalue weighted by molar-refractivity contribution is 7.92. The second-order valence-electron chi connectivity index (χ2n) is 2.52. The molecule has 0 amide bonds. The van der Waals surface area contributed by atoms with Crippen molar-refractivity contribution in [3.05, 3.63) is 43.0 Å². The van der Waals surface area contributed by atoms with Crippen molar-refractivity contribution in [2.75, 3.05) is 7.11 Å². The van der Waals surface area contributed by atoms with Crippen molar-refractivity contribution in [1.29, 1.82) is 0 Å². The number of carbonyl (C=O) groups excluding carboxylic acids is 1. The minimum atomic E-state index is -0.597. The number of allylic oxidation sites excluding steroid dienone is 2. The lowest BCUT2D eigenvalue weighted by Gasteiger charge is -1.99. The molecule has 0 spiro atoms. The minimum absolute atomic E-state index is 0.0743. The predicted octanol–water partition coefficient (Wildman–Crippen LogP) is 3.74. The number of aromatic nitrogens is 2. The van der Waals surface area contributed by atoms with Crippen molar-refractivity contribution in [2.24, 2.45) is 0 Å². The maximum Gasteiger partial charge on any atom is 0.357 e. The first-order chi connectivity index (χ1) is 8.62. The summed E-state index contributed by atoms with van der Waals surface area (Å²) in [5.74, 6) is -0.177. The summed E-state index contributed by atoms with van der Waals surface area (Å²) in [6.45, 7) is 12.3. The molecule has 1 aromatic heterocycles. The number of aryl methyl sites for hydroxylation is 1. The fourth-order valence-electron chi connectivity index (χ4n) is 0.761. The number of hydrogen-bond donors (Lipinski definition) is 0. The monoisotopic (exact) mass is 274 g/mol. The van der Waals surface area contributed by atoms with Gasteiger partial charge in [-0.25, -0.2) is 13.8 Å². The molecule has 0 aliphatic rings. The average Bonchev–Trinajstić information content (AvgIpc) is 2.81. The van der Waals surface area contributed by atoms with Gasteiger partial charge in [0.2, 0.25) is 0 Å². The molecule has 0 bridgehead atoms. The maximum atomic E-state index is 12.2. The summed E-state index contributed by atoms with van der Waals surface area (Å²) < 4.78 is 17.7. The van der Waals surface area contributed by atoms with E-state index < -0.39 is 5.97 Å². The van der Waals surface area contributed by atoms with Crippen LogP contribution in [0.15, 0.2) is 31.5 Å². The largest absolute Gasteiger partial charge is 0.464 e. The Bertz CT molecular complexity index is 372. The number of methoxy groups -OCH3 is 1. The van der Waals surface area contributed by atoms with Crippen LogP contribution < -0.4 is 0 Å². The molecule has 6 heteroatoms. The molecule has 0 N–H and O–H groups in total. The van der Waals surface area contributed by atoms with E-state index in [4.69, 9.17) is 0 Å². The lowest BCUT2D eigenvalue weighted by atomic mass is 10.5. The molecule has 1 aromatic rings. The van der Waals surface area contributed by atoms with E-state index in [0.29, 0.717) is 5.82 Å². The predicted molar refractivity (Wildman–Crippen MR) is 74.1 cm³/mol. The molecule has 18 heavy (non-hydrogen) atoms. The van der Waals surface area contributed by atoms with Crippen molar-refractivity contribution in [2.45, 2.75) is 20.8 Å². The molecule has 0 aromatic carbocycles. The molecule has 4 nitrogen and oxygen atoms in total. The zero-order valence-electron chi connectivity index (χ0n) is 11.1. The SMILES string of the molecule is C=CC=C.CC.COC(=O)c1cnc(C)n1SF. The highest BCUT2D eigenvalue weighted by atomic mass is 32.2. The van der Waals surface area contributed by atoms with Gasteiger partial charge in [-0.1, -0.05) is 39.2 Å². The summed E-state index contributed by atoms with van der Waals surface area (Å²) in [7, 11) is 1.23. The normalized spacial score (nSPS) is 8.06. The molecular weight excluding hydrogens is 255 g/mol. The topological polar surface area (TPSA) is 44.1 Å². The molecule has 1 rings (SSSR count). The quantitative estimate of drug-likeness (QED) is 0.622. The molecule has 0 unspecified atom stereocenters. The van der Waals surface area contributed by atoms with Crippen LogP contribution in [-0.4, -0.2) is 22.0 Å². The summed E-state index contributed by atoms with van der Waals surface area (Å²) in [5.41, 5.74) is 0.0995. The smallest absolute Gasteiger partial charge is 0.357 e. The fraction of sp³-hybridized carbons (Fsp3) is 0.333. The second kappa shape index (κ2) is 11.9. The molecule has 0 saturated carbocycles. The van der Waals surface area contributed by atoms with Crippen LogP contribution in [0, 0.1) is 6.92 Å². The minimum Gasteiger partial charge on any atom is -0.464 e. The van der Waals surface area contributed by atoms with Gasteiger partial charge in [0.1, 0.15) is 5.82 Å². The standard InChI is InChI=1S/C6H7FN2O2S.C4H6.C2H6/c1-4-8-3-5(6(10)11-2)9(4)12-7;1-3-4-2;1-2/h3H,1-2H3;3-4H,1-2H2;1-2H3. The Kier molecular flexibility index (Phi) is 12.4. The molecule has 0 saturated heterocycles. The lowest BCUT2D eigenvalue weighted by molar-refractivity contribution is 0.0593. The van der Waals surface area contributed by atoms with Crippen LogP contribution >= 0.6 is 12.3 Å². The summed E-state index contributed by atoms with van der Waals surface area (Å²) in [6.07, 6.45) is 4.55. The maximum absolute atomic E-state index is 12.2. The molecule has 0 fully saturated rings. The number of ether oxygens (including phenoxy) is 1. The van der Waals surface area contributed by atoms with Gasteiger partial charge >= 0.3 is 5.97 Å². The first kappa shape index (κ1) is 18.8. The zero-order chi connectivity index (χ0) is 14.6. The lowest BCUT2D eigenvalue weighted by Crippen LogP contribution is -2.06. The van der Waals surface area contributed by atoms with E-state index in [2.05, 4.69) is 22.9 Å². The van der Waals surface area contributed by atoms with Crippen LogP contribution in [0.25, 0.3) is 0 Å². The van der Waals surface area contributed by atoms with E-state index in [1.807, 2.05) is 13.8 Å². The van der Waals surface area contributed by atoms with E-state index in [1.54, 1.807) is 19.1 Å². The number of carbonyl (C=O) groups is 1. The number of halogens is 1. The van der Waals surface area contributed by atoms with E-state index in [0.717, 1.165) is 3.97 Å². The average molecular weight is 274 g/mol. The van der Waals surface area contributed by atoms with Crippen molar-refractivity contribution < 1.29 is 13.4 Å². The zero-order valence-corrected chi connectivity index (χ0v) is 12.0. The number of rotatable bonds is 3. The molecule has 1 heterocycles. The van der Waals surface area contributed by atoms with E-state index in [9.17, 15) is 8.68 Å². The van der Waals surface area contributed by atoms with Gasteiger partial charge in [0, 0.05) is 0 Å². The van der Waals surface area contributed by atoms with Crippen LogP contribution in [0.4, 0.5) is 3.89 Å². The van der Waals surface area contributed by atoms with Crippen LogP contribution in [0.5, 0.6) is 0 Å². The van der Waals surface area contributed by atoms with Gasteiger partial charge in [-0.3, -0.25) is 0 Å². The Morgan fingerprint density at radius 2 is 2.00 bits per heavy atom. The van der Waals surface area contributed by atoms with Gasteiger partial charge < -0.3 is 4.74 Å². The third kappa shape index (κ3) is 6.24. The number of imidazole rings is 1. The first-order valence-electron chi connectivity index (χ1n) is 5.27. The van der Waals surface area contributed by atoms with E-state index in [-0.39, 0.29) is 18.0 Å². The van der Waals surface area contributed by atoms with Crippen LogP contribution in [0.2, 0.25) is 0 Å². The van der Waals surface area contributed by atoms with Crippen molar-refractivity contribution in [1.82, 2.24) is 8.96 Å². The molecule has 0 radical (unpaired) electrons. The van der Waals surface area contributed by atoms with Crippen LogP contribution in [-0.2, 0) is 4.74 Å². The van der Waals surface area contributed by atoms with Gasteiger partial charge in [-0.05, 0) is 6.92 Å². The molecule has 0 aliphatic heterocycles. The highest BCUT2D eigenvalue weighted by Crippen LogP contribution is 2.15. The highest BCUT2D eigenvalue weighted by Gasteiger charge is 2.15. The van der Waals surface area contributed by atoms with Gasteiger partial charge in [0.15, 0.2) is 18.0 Å². The summed E-state index contributed by atoms with van der Waals surface area (Å²) in [4.78, 5) is 14.7. The Morgan fingerprint density at radius 1 is 1.50 bits per heavy atom. The number of hydrogen-bond acceptors (Lipinski definition) is 4. The van der Waals surface area contributed by atoms with Crippen molar-refractivity contribution in [3.8, 4) is 0 Å². The summed E-state index contributed by atoms with van der Waals surface area (Å²) in [6, 6.07) is 0.